The van der Waals surface area contributed by atoms with E-state index in [-0.39, 0.29) is 0 Å². The second-order valence-corrected chi connectivity index (χ2v) is 6.56. The summed E-state index contributed by atoms with van der Waals surface area (Å²) in [6.07, 6.45) is 11.4. The van der Waals surface area contributed by atoms with Crippen molar-refractivity contribution >= 4 is 6.08 Å². The third kappa shape index (κ3) is 5.56. The lowest BCUT2D eigenvalue weighted by Gasteiger charge is -2.12. The van der Waals surface area contributed by atoms with Gasteiger partial charge in [0, 0.05) is 0 Å². The van der Waals surface area contributed by atoms with E-state index in [1.54, 1.807) is 0 Å². The molecule has 0 radical (unpaired) electrons. The molecule has 1 N–H and O–H groups in total. The standard InChI is InChI=1S/C23H30O/c1-3-5-6-7-8-9-12-22-21(11-10-13-23(22)24)18-20-16-14-19(4-2)15-17-20/h4,10-11,13-17,24H,2-3,5-9,12,18H2,1H3. The van der Waals surface area contributed by atoms with Gasteiger partial charge in [-0.25, -0.2) is 0 Å². The van der Waals surface area contributed by atoms with Crippen LogP contribution in [0.3, 0.4) is 0 Å². The number of phenolic OH excluding ortho intramolecular Hbond substituents is 1. The van der Waals surface area contributed by atoms with Crippen LogP contribution >= 0.6 is 0 Å². The van der Waals surface area contributed by atoms with E-state index in [2.05, 4.69) is 43.8 Å². The molecule has 0 spiro atoms. The highest BCUT2D eigenvalue weighted by molar-refractivity contribution is 5.48. The molecular weight excluding hydrogens is 292 g/mol. The third-order valence-electron chi connectivity index (χ3n) is 4.64. The fourth-order valence-electron chi connectivity index (χ4n) is 3.15. The first-order chi connectivity index (χ1) is 11.7. The van der Waals surface area contributed by atoms with E-state index in [1.807, 2.05) is 18.2 Å². The predicted octanol–water partition coefficient (Wildman–Crippen LogP) is 6.53. The van der Waals surface area contributed by atoms with Crippen LogP contribution in [0.1, 0.15) is 67.7 Å². The molecule has 0 bridgehead atoms. The summed E-state index contributed by atoms with van der Waals surface area (Å²) in [6, 6.07) is 14.4. The maximum absolute atomic E-state index is 10.3. The number of aromatic hydroxyl groups is 1. The number of unbranched alkanes of at least 4 members (excludes halogenated alkanes) is 5. The Labute approximate surface area is 147 Å². The summed E-state index contributed by atoms with van der Waals surface area (Å²) in [5.74, 6) is 0.448. The highest BCUT2D eigenvalue weighted by Gasteiger charge is 2.08. The van der Waals surface area contributed by atoms with Gasteiger partial charge in [-0.3, -0.25) is 0 Å². The van der Waals surface area contributed by atoms with E-state index < -0.39 is 0 Å². The Hall–Kier alpha value is -2.02. The number of benzene rings is 2. The third-order valence-corrected chi connectivity index (χ3v) is 4.64. The molecular formula is C23H30O. The lowest BCUT2D eigenvalue weighted by Crippen LogP contribution is -1.97. The molecule has 2 aromatic carbocycles. The first-order valence-electron chi connectivity index (χ1n) is 9.25. The van der Waals surface area contributed by atoms with Crippen molar-refractivity contribution < 1.29 is 5.11 Å². The summed E-state index contributed by atoms with van der Waals surface area (Å²) in [5.41, 5.74) is 4.79. The van der Waals surface area contributed by atoms with Gasteiger partial charge in [0.05, 0.1) is 0 Å². The van der Waals surface area contributed by atoms with Crippen molar-refractivity contribution in [1.29, 1.82) is 0 Å². The van der Waals surface area contributed by atoms with Crippen LogP contribution in [0, 0.1) is 0 Å². The summed E-state index contributed by atoms with van der Waals surface area (Å²) in [5, 5.41) is 10.3. The zero-order chi connectivity index (χ0) is 17.2. The minimum absolute atomic E-state index is 0.448. The lowest BCUT2D eigenvalue weighted by atomic mass is 9.94. The van der Waals surface area contributed by atoms with Gasteiger partial charge in [-0.05, 0) is 47.6 Å². The summed E-state index contributed by atoms with van der Waals surface area (Å²) < 4.78 is 0. The molecule has 128 valence electrons. The highest BCUT2D eigenvalue weighted by atomic mass is 16.3. The van der Waals surface area contributed by atoms with E-state index in [0.717, 1.165) is 30.4 Å². The Morgan fingerprint density at radius 3 is 2.33 bits per heavy atom. The maximum Gasteiger partial charge on any atom is 0.119 e. The SMILES string of the molecule is C=Cc1ccc(Cc2cccc(O)c2CCCCCCCC)cc1. The van der Waals surface area contributed by atoms with E-state index in [1.165, 1.54) is 43.2 Å². The van der Waals surface area contributed by atoms with Gasteiger partial charge in [-0.1, -0.05) is 88.1 Å². The average molecular weight is 322 g/mol. The van der Waals surface area contributed by atoms with Crippen LogP contribution in [-0.2, 0) is 12.8 Å². The van der Waals surface area contributed by atoms with Crippen LogP contribution in [0.15, 0.2) is 49.0 Å². The molecule has 0 aliphatic carbocycles. The van der Waals surface area contributed by atoms with Gasteiger partial charge >= 0.3 is 0 Å². The van der Waals surface area contributed by atoms with Crippen molar-refractivity contribution in [2.75, 3.05) is 0 Å². The van der Waals surface area contributed by atoms with Crippen molar-refractivity contribution in [2.24, 2.45) is 0 Å². The van der Waals surface area contributed by atoms with Crippen LogP contribution in [0.2, 0.25) is 0 Å². The highest BCUT2D eigenvalue weighted by Crippen LogP contribution is 2.26. The van der Waals surface area contributed by atoms with Crippen LogP contribution < -0.4 is 0 Å². The van der Waals surface area contributed by atoms with Crippen molar-refractivity contribution in [3.05, 3.63) is 71.3 Å². The van der Waals surface area contributed by atoms with Gasteiger partial charge in [0.2, 0.25) is 0 Å². The van der Waals surface area contributed by atoms with Crippen molar-refractivity contribution in [2.45, 2.75) is 58.3 Å². The first-order valence-corrected chi connectivity index (χ1v) is 9.25. The van der Waals surface area contributed by atoms with Gasteiger partial charge in [-0.15, -0.1) is 0 Å². The van der Waals surface area contributed by atoms with Crippen molar-refractivity contribution in [1.82, 2.24) is 0 Å². The van der Waals surface area contributed by atoms with Crippen LogP contribution in [0.5, 0.6) is 5.75 Å². The summed E-state index contributed by atoms with van der Waals surface area (Å²) in [4.78, 5) is 0. The van der Waals surface area contributed by atoms with E-state index in [9.17, 15) is 5.11 Å². The van der Waals surface area contributed by atoms with Crippen molar-refractivity contribution in [3.63, 3.8) is 0 Å². The Balaban J connectivity index is 1.98. The molecule has 0 heterocycles. The number of hydrogen-bond donors (Lipinski definition) is 1. The molecule has 0 fully saturated rings. The summed E-state index contributed by atoms with van der Waals surface area (Å²) in [7, 11) is 0. The second-order valence-electron chi connectivity index (χ2n) is 6.56. The van der Waals surface area contributed by atoms with E-state index in [4.69, 9.17) is 0 Å². The normalized spacial score (nSPS) is 10.7. The molecule has 0 saturated heterocycles. The molecule has 0 aromatic heterocycles. The molecule has 0 saturated carbocycles. The fourth-order valence-corrected chi connectivity index (χ4v) is 3.15. The predicted molar refractivity (Wildman–Crippen MR) is 105 cm³/mol. The van der Waals surface area contributed by atoms with E-state index >= 15 is 0 Å². The summed E-state index contributed by atoms with van der Waals surface area (Å²) in [6.45, 7) is 6.04. The van der Waals surface area contributed by atoms with Gasteiger partial charge in [0.15, 0.2) is 0 Å². The summed E-state index contributed by atoms with van der Waals surface area (Å²) >= 11 is 0. The largest absolute Gasteiger partial charge is 0.508 e. The number of phenols is 1. The first kappa shape index (κ1) is 18.3. The van der Waals surface area contributed by atoms with Crippen molar-refractivity contribution in [3.8, 4) is 5.75 Å². The van der Waals surface area contributed by atoms with Gasteiger partial charge in [-0.2, -0.15) is 0 Å². The number of hydrogen-bond acceptors (Lipinski definition) is 1. The molecule has 24 heavy (non-hydrogen) atoms. The van der Waals surface area contributed by atoms with Gasteiger partial charge in [0.1, 0.15) is 5.75 Å². The van der Waals surface area contributed by atoms with Crippen LogP contribution in [0.25, 0.3) is 6.08 Å². The quantitative estimate of drug-likeness (QED) is 0.493. The molecule has 0 aliphatic rings. The molecule has 1 nitrogen and oxygen atoms in total. The maximum atomic E-state index is 10.3. The lowest BCUT2D eigenvalue weighted by molar-refractivity contribution is 0.465. The average Bonchev–Trinajstić information content (AvgIpc) is 2.60. The molecule has 0 amide bonds. The molecule has 0 atom stereocenters. The van der Waals surface area contributed by atoms with Crippen LogP contribution in [-0.4, -0.2) is 5.11 Å². The Morgan fingerprint density at radius 1 is 0.917 bits per heavy atom. The second kappa shape index (κ2) is 9.97. The van der Waals surface area contributed by atoms with E-state index in [0.29, 0.717) is 5.75 Å². The smallest absolute Gasteiger partial charge is 0.119 e. The molecule has 0 aliphatic heterocycles. The molecule has 2 rings (SSSR count). The minimum Gasteiger partial charge on any atom is -0.508 e. The van der Waals surface area contributed by atoms with Crippen LogP contribution in [0.4, 0.5) is 0 Å². The zero-order valence-electron chi connectivity index (χ0n) is 14.9. The minimum atomic E-state index is 0.448. The molecule has 2 aromatic rings. The topological polar surface area (TPSA) is 20.2 Å². The number of rotatable bonds is 10. The van der Waals surface area contributed by atoms with Gasteiger partial charge in [0.25, 0.3) is 0 Å². The Bertz CT molecular complexity index is 625. The zero-order valence-corrected chi connectivity index (χ0v) is 14.9. The van der Waals surface area contributed by atoms with Gasteiger partial charge < -0.3 is 5.11 Å². The fraction of sp³-hybridized carbons (Fsp3) is 0.391. The molecule has 0 unspecified atom stereocenters. The monoisotopic (exact) mass is 322 g/mol. The Morgan fingerprint density at radius 2 is 1.62 bits per heavy atom. The Kier molecular flexibility index (Phi) is 7.61. The molecule has 1 heteroatoms.